The quantitative estimate of drug-likeness (QED) is 0.435. The van der Waals surface area contributed by atoms with E-state index >= 15 is 0 Å². The fourth-order valence-electron chi connectivity index (χ4n) is 3.36. The molecule has 22 heavy (non-hydrogen) atoms. The topological polar surface area (TPSA) is 26.3 Å². The zero-order valence-corrected chi connectivity index (χ0v) is 14.9. The summed E-state index contributed by atoms with van der Waals surface area (Å²) in [6.07, 6.45) is 1.97. The predicted octanol–water partition coefficient (Wildman–Crippen LogP) is 4.08. The molecule has 2 atom stereocenters. The maximum atomic E-state index is 12.1. The number of ether oxygens (including phenoxy) is 1. The Morgan fingerprint density at radius 3 is 2.59 bits per heavy atom. The highest BCUT2D eigenvalue weighted by atomic mass is 127. The van der Waals surface area contributed by atoms with Gasteiger partial charge in [-0.25, -0.2) is 9.28 Å². The van der Waals surface area contributed by atoms with Gasteiger partial charge in [-0.1, -0.05) is 0 Å². The van der Waals surface area contributed by atoms with Gasteiger partial charge in [-0.2, -0.15) is 0 Å². The van der Waals surface area contributed by atoms with E-state index in [0.29, 0.717) is 4.48 Å². The highest BCUT2D eigenvalue weighted by Gasteiger charge is 2.41. The first kappa shape index (κ1) is 15.5. The lowest BCUT2D eigenvalue weighted by Crippen LogP contribution is -2.53. The summed E-state index contributed by atoms with van der Waals surface area (Å²) in [7, 11) is 1.69. The molecule has 4 heteroatoms. The zero-order chi connectivity index (χ0) is 15.7. The van der Waals surface area contributed by atoms with Gasteiger partial charge in [0.05, 0.1) is 13.7 Å². The Morgan fingerprint density at radius 1 is 1.23 bits per heavy atom. The molecule has 0 fully saturated rings. The molecule has 3 nitrogen and oxygen atoms in total. The minimum atomic E-state index is 0.104. The molecule has 0 N–H and O–H groups in total. The van der Waals surface area contributed by atoms with Crippen LogP contribution in [0.5, 0.6) is 5.75 Å². The molecule has 0 saturated heterocycles. The second-order valence-electron chi connectivity index (χ2n) is 5.73. The van der Waals surface area contributed by atoms with Crippen LogP contribution in [0.25, 0.3) is 0 Å². The fraction of sp³-hybridized carbons (Fsp3) is 0.278. The molecular formula is C18H19INO2+. The van der Waals surface area contributed by atoms with Gasteiger partial charge in [0.1, 0.15) is 17.5 Å². The number of nitrogens with zero attached hydrogens (tertiary/aromatic N) is 1. The third kappa shape index (κ3) is 2.44. The van der Waals surface area contributed by atoms with Gasteiger partial charge >= 0.3 is 6.41 Å². The van der Waals surface area contributed by atoms with E-state index in [1.807, 2.05) is 6.07 Å². The Bertz CT molecular complexity index is 699. The van der Waals surface area contributed by atoms with Crippen LogP contribution < -0.4 is 9.22 Å². The van der Waals surface area contributed by atoms with Gasteiger partial charge in [0.2, 0.25) is 0 Å². The first-order valence-electron chi connectivity index (χ1n) is 7.37. The average Bonchev–Trinajstić information content (AvgIpc) is 2.56. The Hall–Kier alpha value is -1.40. The number of hydrogen-bond acceptors (Lipinski definition) is 2. The lowest BCUT2D eigenvalue weighted by Gasteiger charge is -2.41. The van der Waals surface area contributed by atoms with E-state index in [-0.39, 0.29) is 6.04 Å². The molecule has 2 unspecified atom stereocenters. The van der Waals surface area contributed by atoms with Gasteiger partial charge in [0, 0.05) is 27.7 Å². The fourth-order valence-corrected chi connectivity index (χ4v) is 3.72. The molecule has 3 rings (SSSR count). The second-order valence-corrected chi connectivity index (χ2v) is 6.97. The van der Waals surface area contributed by atoms with E-state index in [0.717, 1.165) is 30.8 Å². The lowest BCUT2D eigenvalue weighted by atomic mass is 9.90. The number of halogens is 1. The zero-order valence-electron chi connectivity index (χ0n) is 12.8. The number of hydrogen-bond donors (Lipinski definition) is 0. The first-order chi connectivity index (χ1) is 10.6. The molecule has 0 aromatic heterocycles. The molecule has 0 aliphatic carbocycles. The summed E-state index contributed by atoms with van der Waals surface area (Å²) in [5.74, 6) is 0.881. The number of fused-ring (bicyclic) bond motifs is 1. The van der Waals surface area contributed by atoms with Crippen LogP contribution in [0.4, 0.5) is 5.69 Å². The predicted molar refractivity (Wildman–Crippen MR) is 97.0 cm³/mol. The van der Waals surface area contributed by atoms with E-state index < -0.39 is 0 Å². The summed E-state index contributed by atoms with van der Waals surface area (Å²) in [5, 5.41) is 0. The van der Waals surface area contributed by atoms with Crippen LogP contribution in [0.15, 0.2) is 42.5 Å². The molecule has 0 saturated carbocycles. The molecule has 1 aliphatic rings. The van der Waals surface area contributed by atoms with Gasteiger partial charge in [-0.3, -0.25) is 0 Å². The Labute approximate surface area is 144 Å². The molecule has 0 bridgehead atoms. The van der Waals surface area contributed by atoms with Crippen LogP contribution >= 0.6 is 22.6 Å². The van der Waals surface area contributed by atoms with Crippen LogP contribution in [0.3, 0.4) is 0 Å². The monoisotopic (exact) mass is 408 g/mol. The number of carbonyl (C=O) groups is 1. The standard InChI is InChI=1S/C18H19INO2/c1-13-18-8-7-17(22-2)11-14(18)9-10-20(13,12-21)16-5-3-15(19)4-6-16/h3-8,11-13H,9-10H2,1-2H3/q+1. The van der Waals surface area contributed by atoms with Crippen molar-refractivity contribution >= 4 is 34.7 Å². The van der Waals surface area contributed by atoms with Gasteiger partial charge < -0.3 is 4.74 Å². The molecule has 1 heterocycles. The minimum absolute atomic E-state index is 0.104. The molecule has 2 aromatic rings. The first-order valence-corrected chi connectivity index (χ1v) is 8.45. The summed E-state index contributed by atoms with van der Waals surface area (Å²) in [6, 6.07) is 14.5. The van der Waals surface area contributed by atoms with Gasteiger partial charge in [-0.05, 0) is 65.4 Å². The third-order valence-corrected chi connectivity index (χ3v) is 5.46. The summed E-state index contributed by atoms with van der Waals surface area (Å²) in [6.45, 7) is 2.92. The van der Waals surface area contributed by atoms with Gasteiger partial charge in [0.25, 0.3) is 0 Å². The van der Waals surface area contributed by atoms with Crippen molar-refractivity contribution in [1.82, 2.24) is 4.48 Å². The van der Waals surface area contributed by atoms with Crippen LogP contribution in [-0.4, -0.2) is 20.1 Å². The molecule has 1 amide bonds. The Kier molecular flexibility index (Phi) is 4.23. The summed E-state index contributed by atoms with van der Waals surface area (Å²) in [5.41, 5.74) is 3.58. The van der Waals surface area contributed by atoms with Crippen LogP contribution in [0.1, 0.15) is 24.1 Å². The van der Waals surface area contributed by atoms with Crippen molar-refractivity contribution in [2.75, 3.05) is 13.7 Å². The second kappa shape index (κ2) is 6.01. The SMILES string of the molecule is COc1ccc2c(c1)CC[N+](C=O)(c1ccc(I)cc1)C2C. The number of amides is 1. The van der Waals surface area contributed by atoms with Crippen molar-refractivity contribution in [2.45, 2.75) is 19.4 Å². The smallest absolute Gasteiger partial charge is 0.307 e. The normalized spacial score (nSPS) is 23.7. The maximum Gasteiger partial charge on any atom is 0.307 e. The van der Waals surface area contributed by atoms with Crippen LogP contribution in [0, 0.1) is 3.57 Å². The molecular weight excluding hydrogens is 389 g/mol. The van der Waals surface area contributed by atoms with Crippen LogP contribution in [-0.2, 0) is 11.2 Å². The number of rotatable bonds is 3. The number of quaternary nitrogens is 1. The average molecular weight is 408 g/mol. The lowest BCUT2D eigenvalue weighted by molar-refractivity contribution is -0.119. The van der Waals surface area contributed by atoms with Gasteiger partial charge in [0.15, 0.2) is 0 Å². The minimum Gasteiger partial charge on any atom is -0.497 e. The van der Waals surface area contributed by atoms with Crippen molar-refractivity contribution < 1.29 is 9.53 Å². The summed E-state index contributed by atoms with van der Waals surface area (Å²) in [4.78, 5) is 12.1. The van der Waals surface area contributed by atoms with Crippen molar-refractivity contribution in [3.05, 3.63) is 57.2 Å². The summed E-state index contributed by atoms with van der Waals surface area (Å²) >= 11 is 2.29. The molecule has 0 radical (unpaired) electrons. The molecule has 2 aromatic carbocycles. The largest absolute Gasteiger partial charge is 0.497 e. The Morgan fingerprint density at radius 2 is 1.95 bits per heavy atom. The maximum absolute atomic E-state index is 12.1. The third-order valence-electron chi connectivity index (χ3n) is 4.74. The van der Waals surface area contributed by atoms with Crippen molar-refractivity contribution in [2.24, 2.45) is 0 Å². The van der Waals surface area contributed by atoms with Crippen LogP contribution in [0.2, 0.25) is 0 Å². The number of methoxy groups -OCH3 is 1. The van der Waals surface area contributed by atoms with E-state index in [1.165, 1.54) is 14.7 Å². The summed E-state index contributed by atoms with van der Waals surface area (Å²) < 4.78 is 6.85. The van der Waals surface area contributed by atoms with Crippen molar-refractivity contribution in [3.63, 3.8) is 0 Å². The van der Waals surface area contributed by atoms with E-state index in [1.54, 1.807) is 7.11 Å². The molecule has 0 spiro atoms. The van der Waals surface area contributed by atoms with Crippen molar-refractivity contribution in [3.8, 4) is 5.75 Å². The number of carbonyl (C=O) groups excluding carboxylic acids is 1. The molecule has 1 aliphatic heterocycles. The molecule has 114 valence electrons. The Balaban J connectivity index is 2.07. The highest BCUT2D eigenvalue weighted by molar-refractivity contribution is 14.1. The van der Waals surface area contributed by atoms with E-state index in [4.69, 9.17) is 4.74 Å². The van der Waals surface area contributed by atoms with E-state index in [9.17, 15) is 4.79 Å². The van der Waals surface area contributed by atoms with E-state index in [2.05, 4.69) is 65.9 Å². The van der Waals surface area contributed by atoms with Crippen molar-refractivity contribution in [1.29, 1.82) is 0 Å². The number of benzene rings is 2. The van der Waals surface area contributed by atoms with Gasteiger partial charge in [-0.15, -0.1) is 0 Å². The highest BCUT2D eigenvalue weighted by Crippen LogP contribution is 2.40.